The molecule has 0 aromatic rings. The Hall–Kier alpha value is -1.14. The van der Waals surface area contributed by atoms with E-state index in [4.69, 9.17) is 15.6 Å². The summed E-state index contributed by atoms with van der Waals surface area (Å²) < 4.78 is 4.81. The Kier molecular flexibility index (Phi) is 8.35. The Morgan fingerprint density at radius 2 is 2.06 bits per heavy atom. The van der Waals surface area contributed by atoms with E-state index in [2.05, 4.69) is 5.32 Å². The largest absolute Gasteiger partial charge is 0.481 e. The van der Waals surface area contributed by atoms with E-state index in [0.717, 1.165) is 6.42 Å². The number of carbonyl (C=O) groups excluding carboxylic acids is 1. The topological polar surface area (TPSA) is 102 Å². The second kappa shape index (κ2) is 8.95. The number of amides is 1. The van der Waals surface area contributed by atoms with Gasteiger partial charge in [0.25, 0.3) is 0 Å². The third-order valence-corrected chi connectivity index (χ3v) is 2.48. The van der Waals surface area contributed by atoms with Gasteiger partial charge in [0.1, 0.15) is 0 Å². The fraction of sp³-hybridized carbons (Fsp3) is 0.818. The number of ether oxygens (including phenoxy) is 1. The number of hydrogen-bond acceptors (Lipinski definition) is 4. The Balaban J connectivity index is 3.98. The molecule has 17 heavy (non-hydrogen) atoms. The fourth-order valence-electron chi connectivity index (χ4n) is 1.39. The molecule has 100 valence electrons. The first kappa shape index (κ1) is 15.9. The number of rotatable bonds is 9. The molecule has 6 nitrogen and oxygen atoms in total. The third kappa shape index (κ3) is 6.91. The van der Waals surface area contributed by atoms with E-state index >= 15 is 0 Å². The van der Waals surface area contributed by atoms with Crippen LogP contribution in [0.15, 0.2) is 0 Å². The van der Waals surface area contributed by atoms with Crippen molar-refractivity contribution in [2.75, 3.05) is 20.3 Å². The molecule has 0 saturated carbocycles. The molecule has 2 atom stereocenters. The molecular formula is C11H22N2O4. The van der Waals surface area contributed by atoms with Gasteiger partial charge in [0.15, 0.2) is 0 Å². The van der Waals surface area contributed by atoms with Gasteiger partial charge in [-0.15, -0.1) is 0 Å². The van der Waals surface area contributed by atoms with Crippen molar-refractivity contribution >= 4 is 11.9 Å². The van der Waals surface area contributed by atoms with Gasteiger partial charge < -0.3 is 20.9 Å². The molecule has 0 fully saturated rings. The third-order valence-electron chi connectivity index (χ3n) is 2.48. The van der Waals surface area contributed by atoms with Gasteiger partial charge in [-0.25, -0.2) is 0 Å². The van der Waals surface area contributed by atoms with Crippen LogP contribution < -0.4 is 11.1 Å². The Labute approximate surface area is 102 Å². The molecule has 0 radical (unpaired) electrons. The number of aliphatic carboxylic acids is 1. The van der Waals surface area contributed by atoms with E-state index < -0.39 is 17.9 Å². The van der Waals surface area contributed by atoms with Crippen molar-refractivity contribution in [3.8, 4) is 0 Å². The van der Waals surface area contributed by atoms with Crippen LogP contribution in [0.25, 0.3) is 0 Å². The molecule has 0 aliphatic rings. The first-order valence-corrected chi connectivity index (χ1v) is 5.77. The van der Waals surface area contributed by atoms with Crippen LogP contribution in [-0.4, -0.2) is 43.3 Å². The van der Waals surface area contributed by atoms with Gasteiger partial charge in [0.05, 0.1) is 12.0 Å². The minimum Gasteiger partial charge on any atom is -0.481 e. The lowest BCUT2D eigenvalue weighted by molar-refractivity contribution is -0.142. The summed E-state index contributed by atoms with van der Waals surface area (Å²) in [7, 11) is 1.53. The van der Waals surface area contributed by atoms with Gasteiger partial charge in [-0.2, -0.15) is 0 Å². The molecule has 0 aliphatic heterocycles. The molecule has 0 spiro atoms. The van der Waals surface area contributed by atoms with E-state index in [9.17, 15) is 9.59 Å². The zero-order valence-electron chi connectivity index (χ0n) is 10.4. The Bertz CT molecular complexity index is 246. The van der Waals surface area contributed by atoms with E-state index in [1.807, 2.05) is 6.92 Å². The second-order valence-electron chi connectivity index (χ2n) is 3.96. The zero-order chi connectivity index (χ0) is 13.3. The van der Waals surface area contributed by atoms with Gasteiger partial charge in [0.2, 0.25) is 5.91 Å². The monoisotopic (exact) mass is 246 g/mol. The quantitative estimate of drug-likeness (QED) is 0.530. The summed E-state index contributed by atoms with van der Waals surface area (Å²) in [6.07, 6.45) is 1.74. The lowest BCUT2D eigenvalue weighted by Gasteiger charge is -2.15. The van der Waals surface area contributed by atoms with Crippen molar-refractivity contribution < 1.29 is 19.4 Å². The number of hydrogen-bond donors (Lipinski definition) is 3. The molecular weight excluding hydrogens is 224 g/mol. The van der Waals surface area contributed by atoms with Crippen LogP contribution in [0, 0.1) is 5.92 Å². The van der Waals surface area contributed by atoms with Gasteiger partial charge in [-0.1, -0.05) is 13.3 Å². The molecule has 2 unspecified atom stereocenters. The number of methoxy groups -OCH3 is 1. The minimum absolute atomic E-state index is 0.128. The Morgan fingerprint density at radius 3 is 2.53 bits per heavy atom. The van der Waals surface area contributed by atoms with Gasteiger partial charge >= 0.3 is 5.97 Å². The van der Waals surface area contributed by atoms with Crippen molar-refractivity contribution in [1.29, 1.82) is 0 Å². The van der Waals surface area contributed by atoms with Gasteiger partial charge in [-0.3, -0.25) is 9.59 Å². The maximum atomic E-state index is 11.5. The molecule has 0 aromatic heterocycles. The second-order valence-corrected chi connectivity index (χ2v) is 3.96. The predicted molar refractivity (Wildman–Crippen MR) is 63.5 cm³/mol. The number of nitrogens with one attached hydrogen (secondary N) is 1. The van der Waals surface area contributed by atoms with E-state index in [-0.39, 0.29) is 12.5 Å². The van der Waals surface area contributed by atoms with Crippen LogP contribution in [0.5, 0.6) is 0 Å². The first-order valence-electron chi connectivity index (χ1n) is 5.77. The molecule has 0 heterocycles. The standard InChI is InChI=1S/C11H22N2O4/c1-3-4-8(11(15)16)7-13-10(14)9(12)5-6-17-2/h8-9H,3-7,12H2,1-2H3,(H,13,14)(H,15,16). The van der Waals surface area contributed by atoms with Crippen molar-refractivity contribution in [2.45, 2.75) is 32.2 Å². The molecule has 6 heteroatoms. The average Bonchev–Trinajstić information content (AvgIpc) is 2.30. The number of carbonyl (C=O) groups is 2. The summed E-state index contributed by atoms with van der Waals surface area (Å²) in [6.45, 7) is 2.44. The lowest BCUT2D eigenvalue weighted by Crippen LogP contribution is -2.43. The Morgan fingerprint density at radius 1 is 1.41 bits per heavy atom. The number of nitrogens with two attached hydrogens (primary N) is 1. The molecule has 0 aromatic carbocycles. The van der Waals surface area contributed by atoms with Crippen LogP contribution in [0.3, 0.4) is 0 Å². The highest BCUT2D eigenvalue weighted by Gasteiger charge is 2.19. The molecule has 4 N–H and O–H groups in total. The lowest BCUT2D eigenvalue weighted by atomic mass is 10.0. The highest BCUT2D eigenvalue weighted by molar-refractivity contribution is 5.82. The van der Waals surface area contributed by atoms with E-state index in [1.165, 1.54) is 7.11 Å². The smallest absolute Gasteiger partial charge is 0.308 e. The van der Waals surface area contributed by atoms with Crippen molar-refractivity contribution in [3.05, 3.63) is 0 Å². The summed E-state index contributed by atoms with van der Waals surface area (Å²) in [5, 5.41) is 11.5. The van der Waals surface area contributed by atoms with Crippen molar-refractivity contribution in [3.63, 3.8) is 0 Å². The zero-order valence-corrected chi connectivity index (χ0v) is 10.4. The molecule has 1 amide bonds. The summed E-state index contributed by atoms with van der Waals surface area (Å²) in [6, 6.07) is -0.647. The molecule has 0 aliphatic carbocycles. The fourth-order valence-corrected chi connectivity index (χ4v) is 1.39. The highest BCUT2D eigenvalue weighted by atomic mass is 16.5. The summed E-state index contributed by atoms with van der Waals surface area (Å²) >= 11 is 0. The summed E-state index contributed by atoms with van der Waals surface area (Å²) in [5.41, 5.74) is 5.60. The first-order chi connectivity index (χ1) is 8.02. The van der Waals surface area contributed by atoms with Crippen molar-refractivity contribution in [1.82, 2.24) is 5.32 Å². The van der Waals surface area contributed by atoms with Crippen LogP contribution >= 0.6 is 0 Å². The predicted octanol–water partition coefficient (Wildman–Crippen LogP) is -0.0327. The van der Waals surface area contributed by atoms with E-state index in [0.29, 0.717) is 19.4 Å². The van der Waals surface area contributed by atoms with Gasteiger partial charge in [-0.05, 0) is 12.8 Å². The summed E-state index contributed by atoms with van der Waals surface area (Å²) in [4.78, 5) is 22.3. The SMILES string of the molecule is CCCC(CNC(=O)C(N)CCOC)C(=O)O. The molecule has 0 rings (SSSR count). The van der Waals surface area contributed by atoms with Gasteiger partial charge in [0, 0.05) is 20.3 Å². The van der Waals surface area contributed by atoms with Crippen LogP contribution in [0.2, 0.25) is 0 Å². The number of carboxylic acid groups (broad SMARTS) is 1. The normalized spacial score (nSPS) is 14.1. The minimum atomic E-state index is -0.891. The van der Waals surface area contributed by atoms with Crippen LogP contribution in [0.4, 0.5) is 0 Å². The molecule has 0 bridgehead atoms. The van der Waals surface area contributed by atoms with Crippen molar-refractivity contribution in [2.24, 2.45) is 11.7 Å². The average molecular weight is 246 g/mol. The highest BCUT2D eigenvalue weighted by Crippen LogP contribution is 2.05. The maximum Gasteiger partial charge on any atom is 0.308 e. The molecule has 0 saturated heterocycles. The van der Waals surface area contributed by atoms with E-state index in [1.54, 1.807) is 0 Å². The van der Waals surface area contributed by atoms with Crippen LogP contribution in [-0.2, 0) is 14.3 Å². The number of carboxylic acids is 1. The summed E-state index contributed by atoms with van der Waals surface area (Å²) in [5.74, 6) is -1.76. The maximum absolute atomic E-state index is 11.5. The van der Waals surface area contributed by atoms with Crippen LogP contribution in [0.1, 0.15) is 26.2 Å².